The second-order valence-corrected chi connectivity index (χ2v) is 5.36. The minimum atomic E-state index is -0.835. The molecule has 1 aliphatic heterocycles. The summed E-state index contributed by atoms with van der Waals surface area (Å²) in [6.07, 6.45) is 0.385. The van der Waals surface area contributed by atoms with Gasteiger partial charge in [0.1, 0.15) is 6.04 Å². The van der Waals surface area contributed by atoms with Crippen LogP contribution in [-0.4, -0.2) is 48.3 Å². The second kappa shape index (κ2) is 6.57. The number of ether oxygens (including phenoxy) is 1. The highest BCUT2D eigenvalue weighted by atomic mass is 35.5. The number of hydrogen-bond acceptors (Lipinski definition) is 3. The van der Waals surface area contributed by atoms with Crippen molar-refractivity contribution in [1.29, 1.82) is 0 Å². The molecule has 1 saturated heterocycles. The third-order valence-corrected chi connectivity index (χ3v) is 3.56. The summed E-state index contributed by atoms with van der Waals surface area (Å²) in [5.41, 5.74) is 0.830. The Morgan fingerprint density at radius 3 is 2.37 bits per heavy atom. The zero-order valence-corrected chi connectivity index (χ0v) is 11.8. The maximum absolute atomic E-state index is 11.4. The smallest absolute Gasteiger partial charge is 0.321 e. The van der Waals surface area contributed by atoms with Crippen LogP contribution >= 0.6 is 23.2 Å². The lowest BCUT2D eigenvalue weighted by atomic mass is 10.0. The van der Waals surface area contributed by atoms with Crippen molar-refractivity contribution in [2.45, 2.75) is 12.5 Å². The molecule has 1 aliphatic rings. The van der Waals surface area contributed by atoms with Gasteiger partial charge in [-0.1, -0.05) is 23.2 Å². The molecule has 1 aromatic carbocycles. The van der Waals surface area contributed by atoms with Gasteiger partial charge in [0.25, 0.3) is 0 Å². The van der Waals surface area contributed by atoms with E-state index < -0.39 is 12.0 Å². The normalized spacial score (nSPS) is 18.2. The number of hydrogen-bond donors (Lipinski definition) is 1. The Balaban J connectivity index is 2.13. The van der Waals surface area contributed by atoms with Crippen molar-refractivity contribution >= 4 is 29.2 Å². The van der Waals surface area contributed by atoms with Crippen LogP contribution < -0.4 is 0 Å². The van der Waals surface area contributed by atoms with Crippen LogP contribution in [0.1, 0.15) is 5.56 Å². The van der Waals surface area contributed by atoms with Crippen LogP contribution in [0.4, 0.5) is 0 Å². The summed E-state index contributed by atoms with van der Waals surface area (Å²) in [5.74, 6) is -0.835. The van der Waals surface area contributed by atoms with Crippen LogP contribution in [0.5, 0.6) is 0 Å². The van der Waals surface area contributed by atoms with Crippen molar-refractivity contribution in [1.82, 2.24) is 4.90 Å². The van der Waals surface area contributed by atoms with Gasteiger partial charge in [-0.3, -0.25) is 9.69 Å². The first-order valence-electron chi connectivity index (χ1n) is 6.06. The van der Waals surface area contributed by atoms with E-state index in [1.54, 1.807) is 18.2 Å². The summed E-state index contributed by atoms with van der Waals surface area (Å²) in [6.45, 7) is 2.40. The van der Waals surface area contributed by atoms with Crippen LogP contribution in [0.3, 0.4) is 0 Å². The summed E-state index contributed by atoms with van der Waals surface area (Å²) in [7, 11) is 0. The number of morpholine rings is 1. The van der Waals surface area contributed by atoms with Crippen LogP contribution in [-0.2, 0) is 16.0 Å². The summed E-state index contributed by atoms with van der Waals surface area (Å²) in [6, 6.07) is 4.57. The molecule has 19 heavy (non-hydrogen) atoms. The van der Waals surface area contributed by atoms with E-state index in [0.717, 1.165) is 5.56 Å². The molecule has 0 aliphatic carbocycles. The zero-order valence-electron chi connectivity index (χ0n) is 10.3. The highest BCUT2D eigenvalue weighted by Gasteiger charge is 2.27. The van der Waals surface area contributed by atoms with Crippen molar-refractivity contribution in [2.75, 3.05) is 26.3 Å². The van der Waals surface area contributed by atoms with Crippen molar-refractivity contribution < 1.29 is 14.6 Å². The number of rotatable bonds is 4. The van der Waals surface area contributed by atoms with Gasteiger partial charge in [-0.2, -0.15) is 0 Å². The van der Waals surface area contributed by atoms with E-state index in [0.29, 0.717) is 42.8 Å². The number of carboxylic acid groups (broad SMARTS) is 1. The average molecular weight is 304 g/mol. The molecule has 0 spiro atoms. The molecule has 1 fully saturated rings. The van der Waals surface area contributed by atoms with Crippen LogP contribution in [0.15, 0.2) is 18.2 Å². The minimum Gasteiger partial charge on any atom is -0.480 e. The van der Waals surface area contributed by atoms with Gasteiger partial charge in [-0.25, -0.2) is 0 Å². The number of carbonyl (C=O) groups is 1. The largest absolute Gasteiger partial charge is 0.480 e. The maximum atomic E-state index is 11.4. The number of carboxylic acids is 1. The fraction of sp³-hybridized carbons (Fsp3) is 0.462. The Morgan fingerprint density at radius 2 is 1.84 bits per heavy atom. The van der Waals surface area contributed by atoms with Crippen LogP contribution in [0.2, 0.25) is 10.0 Å². The zero-order chi connectivity index (χ0) is 13.8. The topological polar surface area (TPSA) is 49.8 Å². The summed E-state index contributed by atoms with van der Waals surface area (Å²) in [5, 5.41) is 10.4. The quantitative estimate of drug-likeness (QED) is 0.927. The van der Waals surface area contributed by atoms with Gasteiger partial charge in [0.05, 0.1) is 13.2 Å². The third kappa shape index (κ3) is 4.08. The molecule has 6 heteroatoms. The van der Waals surface area contributed by atoms with E-state index in [-0.39, 0.29) is 0 Å². The average Bonchev–Trinajstić information content (AvgIpc) is 2.35. The molecule has 2 rings (SSSR count). The van der Waals surface area contributed by atoms with Crippen LogP contribution in [0.25, 0.3) is 0 Å². The van der Waals surface area contributed by atoms with Crippen molar-refractivity contribution in [3.8, 4) is 0 Å². The molecule has 0 radical (unpaired) electrons. The molecule has 0 saturated carbocycles. The van der Waals surface area contributed by atoms with Gasteiger partial charge in [0.2, 0.25) is 0 Å². The molecule has 1 atom stereocenters. The third-order valence-electron chi connectivity index (χ3n) is 3.12. The number of benzene rings is 1. The maximum Gasteiger partial charge on any atom is 0.321 e. The lowest BCUT2D eigenvalue weighted by Gasteiger charge is -2.32. The van der Waals surface area contributed by atoms with Crippen LogP contribution in [0, 0.1) is 0 Å². The first-order chi connectivity index (χ1) is 9.06. The summed E-state index contributed by atoms with van der Waals surface area (Å²) >= 11 is 11.9. The Kier molecular flexibility index (Phi) is 5.05. The SMILES string of the molecule is O=C(O)[C@H](Cc1cc(Cl)cc(Cl)c1)N1CCOCC1. The first kappa shape index (κ1) is 14.6. The molecular formula is C13H15Cl2NO3. The number of aliphatic carboxylic acids is 1. The second-order valence-electron chi connectivity index (χ2n) is 4.48. The van der Waals surface area contributed by atoms with Gasteiger partial charge in [-0.15, -0.1) is 0 Å². The van der Waals surface area contributed by atoms with E-state index in [4.69, 9.17) is 27.9 Å². The highest BCUT2D eigenvalue weighted by Crippen LogP contribution is 2.21. The molecule has 1 N–H and O–H groups in total. The van der Waals surface area contributed by atoms with Crippen molar-refractivity contribution in [3.05, 3.63) is 33.8 Å². The van der Waals surface area contributed by atoms with E-state index in [1.807, 2.05) is 4.90 Å². The fourth-order valence-electron chi connectivity index (χ4n) is 2.21. The molecular weight excluding hydrogens is 289 g/mol. The standard InChI is InChI=1S/C13H15Cl2NO3/c14-10-5-9(6-11(15)8-10)7-12(13(17)18)16-1-3-19-4-2-16/h5-6,8,12H,1-4,7H2,(H,17,18)/t12-/m0/s1. The Bertz CT molecular complexity index is 441. The van der Waals surface area contributed by atoms with Crippen molar-refractivity contribution in [3.63, 3.8) is 0 Å². The van der Waals surface area contributed by atoms with Gasteiger partial charge in [0, 0.05) is 23.1 Å². The summed E-state index contributed by atoms with van der Waals surface area (Å²) < 4.78 is 5.24. The minimum absolute atomic E-state index is 0.385. The van der Waals surface area contributed by atoms with Crippen molar-refractivity contribution in [2.24, 2.45) is 0 Å². The van der Waals surface area contributed by atoms with Gasteiger partial charge < -0.3 is 9.84 Å². The van der Waals surface area contributed by atoms with E-state index in [9.17, 15) is 9.90 Å². The Morgan fingerprint density at radius 1 is 1.26 bits per heavy atom. The number of halogens is 2. The Labute approximate surface area is 121 Å². The number of nitrogens with zero attached hydrogens (tertiary/aromatic N) is 1. The molecule has 4 nitrogen and oxygen atoms in total. The lowest BCUT2D eigenvalue weighted by Crippen LogP contribution is -2.48. The summed E-state index contributed by atoms with van der Waals surface area (Å²) in [4.78, 5) is 13.3. The van der Waals surface area contributed by atoms with E-state index >= 15 is 0 Å². The molecule has 1 aromatic rings. The fourth-order valence-corrected chi connectivity index (χ4v) is 2.79. The predicted octanol–water partition coefficient (Wildman–Crippen LogP) is 2.32. The molecule has 0 unspecified atom stereocenters. The van der Waals surface area contributed by atoms with Gasteiger partial charge in [0.15, 0.2) is 0 Å². The molecule has 0 amide bonds. The van der Waals surface area contributed by atoms with E-state index in [2.05, 4.69) is 0 Å². The van der Waals surface area contributed by atoms with Gasteiger partial charge in [-0.05, 0) is 30.2 Å². The predicted molar refractivity (Wildman–Crippen MR) is 74.0 cm³/mol. The van der Waals surface area contributed by atoms with Gasteiger partial charge >= 0.3 is 5.97 Å². The lowest BCUT2D eigenvalue weighted by molar-refractivity contribution is -0.145. The monoisotopic (exact) mass is 303 g/mol. The molecule has 104 valence electrons. The Hall–Kier alpha value is -0.810. The molecule has 0 bridgehead atoms. The highest BCUT2D eigenvalue weighted by molar-refractivity contribution is 6.34. The molecule has 0 aromatic heterocycles. The first-order valence-corrected chi connectivity index (χ1v) is 6.81. The van der Waals surface area contributed by atoms with E-state index in [1.165, 1.54) is 0 Å². The molecule has 1 heterocycles.